The summed E-state index contributed by atoms with van der Waals surface area (Å²) in [6.07, 6.45) is 3.04. The normalized spacial score (nSPS) is 16.9. The molecule has 0 saturated heterocycles. The van der Waals surface area contributed by atoms with Crippen molar-refractivity contribution in [3.8, 4) is 0 Å². The number of nitrogens with two attached hydrogens (primary N) is 1. The zero-order valence-corrected chi connectivity index (χ0v) is 11.6. The van der Waals surface area contributed by atoms with E-state index in [0.29, 0.717) is 14.9 Å². The van der Waals surface area contributed by atoms with Crippen LogP contribution in [0.25, 0.3) is 0 Å². The van der Waals surface area contributed by atoms with Crippen molar-refractivity contribution in [3.05, 3.63) is 21.5 Å². The van der Waals surface area contributed by atoms with Crippen LogP contribution >= 0.6 is 22.6 Å². The van der Waals surface area contributed by atoms with Crippen LogP contribution in [0.4, 0.5) is 15.8 Å². The molecule has 0 aromatic heterocycles. The van der Waals surface area contributed by atoms with E-state index in [9.17, 15) is 4.39 Å². The standard InChI is InChI=1S/C12H16FIN2O/c13-8-5-11(10(15)6-9(8)14)16-7-12(1-2-12)3-4-17/h5-6,16-17H,1-4,7,15H2. The summed E-state index contributed by atoms with van der Waals surface area (Å²) in [5, 5.41) is 12.1. The third kappa shape index (κ3) is 3.01. The summed E-state index contributed by atoms with van der Waals surface area (Å²) in [7, 11) is 0. The average molecular weight is 350 g/mol. The monoisotopic (exact) mass is 350 g/mol. The van der Waals surface area contributed by atoms with E-state index in [-0.39, 0.29) is 17.8 Å². The highest BCUT2D eigenvalue weighted by Gasteiger charge is 2.41. The maximum absolute atomic E-state index is 13.4. The molecular formula is C12H16FIN2O. The predicted octanol–water partition coefficient (Wildman–Crippen LogP) is 2.59. The summed E-state index contributed by atoms with van der Waals surface area (Å²) in [5.41, 5.74) is 7.24. The molecule has 1 aliphatic rings. The summed E-state index contributed by atoms with van der Waals surface area (Å²) in [6.45, 7) is 0.954. The number of nitrogens with one attached hydrogen (secondary N) is 1. The number of rotatable bonds is 5. The number of benzene rings is 1. The summed E-state index contributed by atoms with van der Waals surface area (Å²) in [4.78, 5) is 0. The molecule has 3 nitrogen and oxygen atoms in total. The fraction of sp³-hybridized carbons (Fsp3) is 0.500. The topological polar surface area (TPSA) is 58.3 Å². The minimum Gasteiger partial charge on any atom is -0.397 e. The van der Waals surface area contributed by atoms with Crippen molar-refractivity contribution in [2.45, 2.75) is 19.3 Å². The average Bonchev–Trinajstić information content (AvgIpc) is 3.03. The first-order valence-electron chi connectivity index (χ1n) is 5.66. The second kappa shape index (κ2) is 4.97. The lowest BCUT2D eigenvalue weighted by Crippen LogP contribution is -2.17. The molecule has 1 aliphatic carbocycles. The number of aliphatic hydroxyl groups is 1. The second-order valence-electron chi connectivity index (χ2n) is 4.68. The molecule has 4 N–H and O–H groups in total. The van der Waals surface area contributed by atoms with Gasteiger partial charge >= 0.3 is 0 Å². The predicted molar refractivity (Wildman–Crippen MR) is 75.4 cm³/mol. The fourth-order valence-electron chi connectivity index (χ4n) is 1.93. The molecule has 0 amide bonds. The molecule has 1 fully saturated rings. The number of hydrogen-bond acceptors (Lipinski definition) is 3. The van der Waals surface area contributed by atoms with Gasteiger partial charge in [0.1, 0.15) is 5.82 Å². The first kappa shape index (κ1) is 12.9. The Morgan fingerprint density at radius 2 is 2.18 bits per heavy atom. The van der Waals surface area contributed by atoms with Crippen molar-refractivity contribution >= 4 is 34.0 Å². The van der Waals surface area contributed by atoms with Gasteiger partial charge in [0, 0.05) is 19.2 Å². The van der Waals surface area contributed by atoms with Gasteiger partial charge in [-0.25, -0.2) is 4.39 Å². The molecule has 94 valence electrons. The molecule has 0 atom stereocenters. The SMILES string of the molecule is Nc1cc(I)c(F)cc1NCC1(CCO)CC1. The molecule has 0 aliphatic heterocycles. The van der Waals surface area contributed by atoms with E-state index < -0.39 is 0 Å². The molecule has 1 aromatic rings. The van der Waals surface area contributed by atoms with Gasteiger partial charge < -0.3 is 16.2 Å². The maximum atomic E-state index is 13.4. The summed E-state index contributed by atoms with van der Waals surface area (Å²) in [5.74, 6) is -0.255. The lowest BCUT2D eigenvalue weighted by Gasteiger charge is -2.17. The van der Waals surface area contributed by atoms with E-state index in [2.05, 4.69) is 5.32 Å². The Balaban J connectivity index is 2.02. The smallest absolute Gasteiger partial charge is 0.138 e. The van der Waals surface area contributed by atoms with Crippen LogP contribution in [0, 0.1) is 14.8 Å². The van der Waals surface area contributed by atoms with Gasteiger partial charge in [-0.05, 0) is 53.3 Å². The Hall–Kier alpha value is -0.560. The van der Waals surface area contributed by atoms with Gasteiger partial charge in [0.05, 0.1) is 14.9 Å². The van der Waals surface area contributed by atoms with E-state index in [1.54, 1.807) is 6.07 Å². The number of nitrogen functional groups attached to an aromatic ring is 1. The third-order valence-corrected chi connectivity index (χ3v) is 4.17. The number of halogens is 2. The Labute approximate surface area is 114 Å². The first-order valence-corrected chi connectivity index (χ1v) is 6.73. The molecule has 5 heteroatoms. The molecule has 0 radical (unpaired) electrons. The van der Waals surface area contributed by atoms with Crippen molar-refractivity contribution in [3.63, 3.8) is 0 Å². The number of hydrogen-bond donors (Lipinski definition) is 3. The van der Waals surface area contributed by atoms with Gasteiger partial charge in [-0.15, -0.1) is 0 Å². The highest BCUT2D eigenvalue weighted by atomic mass is 127. The van der Waals surface area contributed by atoms with Crippen LogP contribution in [0.1, 0.15) is 19.3 Å². The summed E-state index contributed by atoms with van der Waals surface area (Å²) >= 11 is 1.92. The van der Waals surface area contributed by atoms with Gasteiger partial charge in [0.2, 0.25) is 0 Å². The van der Waals surface area contributed by atoms with Crippen molar-refractivity contribution in [2.75, 3.05) is 24.2 Å². The lowest BCUT2D eigenvalue weighted by molar-refractivity contribution is 0.253. The summed E-state index contributed by atoms with van der Waals surface area (Å²) < 4.78 is 13.9. The van der Waals surface area contributed by atoms with Crippen LogP contribution in [0.3, 0.4) is 0 Å². The molecule has 17 heavy (non-hydrogen) atoms. The quantitative estimate of drug-likeness (QED) is 0.565. The molecule has 0 heterocycles. The van der Waals surface area contributed by atoms with Crippen LogP contribution in [-0.2, 0) is 0 Å². The van der Waals surface area contributed by atoms with Gasteiger partial charge in [0.25, 0.3) is 0 Å². The van der Waals surface area contributed by atoms with Crippen molar-refractivity contribution in [1.82, 2.24) is 0 Å². The largest absolute Gasteiger partial charge is 0.397 e. The van der Waals surface area contributed by atoms with Gasteiger partial charge in [-0.1, -0.05) is 0 Å². The molecule has 0 bridgehead atoms. The van der Waals surface area contributed by atoms with Crippen LogP contribution in [0.5, 0.6) is 0 Å². The van der Waals surface area contributed by atoms with E-state index in [0.717, 1.165) is 25.8 Å². The molecule has 0 unspecified atom stereocenters. The van der Waals surface area contributed by atoms with Crippen molar-refractivity contribution in [1.29, 1.82) is 0 Å². The Kier molecular flexibility index (Phi) is 3.77. The zero-order valence-electron chi connectivity index (χ0n) is 9.47. The Morgan fingerprint density at radius 3 is 2.76 bits per heavy atom. The molecule has 2 rings (SSSR count). The van der Waals surface area contributed by atoms with Crippen LogP contribution in [0.15, 0.2) is 12.1 Å². The molecular weight excluding hydrogens is 334 g/mol. The van der Waals surface area contributed by atoms with Crippen molar-refractivity contribution < 1.29 is 9.50 Å². The van der Waals surface area contributed by atoms with Crippen LogP contribution in [-0.4, -0.2) is 18.3 Å². The maximum Gasteiger partial charge on any atom is 0.138 e. The highest BCUT2D eigenvalue weighted by molar-refractivity contribution is 14.1. The van der Waals surface area contributed by atoms with E-state index >= 15 is 0 Å². The summed E-state index contributed by atoms with van der Waals surface area (Å²) in [6, 6.07) is 3.07. The minimum absolute atomic E-state index is 0.195. The fourth-order valence-corrected chi connectivity index (χ4v) is 2.42. The second-order valence-corrected chi connectivity index (χ2v) is 5.84. The van der Waals surface area contributed by atoms with Crippen molar-refractivity contribution in [2.24, 2.45) is 5.41 Å². The Morgan fingerprint density at radius 1 is 1.47 bits per heavy atom. The minimum atomic E-state index is -0.255. The highest BCUT2D eigenvalue weighted by Crippen LogP contribution is 2.48. The zero-order chi connectivity index (χ0) is 12.5. The van der Waals surface area contributed by atoms with Gasteiger partial charge in [-0.3, -0.25) is 0 Å². The molecule has 1 aromatic carbocycles. The molecule has 1 saturated carbocycles. The van der Waals surface area contributed by atoms with E-state index in [1.807, 2.05) is 22.6 Å². The number of aliphatic hydroxyl groups excluding tert-OH is 1. The van der Waals surface area contributed by atoms with E-state index in [4.69, 9.17) is 10.8 Å². The van der Waals surface area contributed by atoms with Crippen LogP contribution in [0.2, 0.25) is 0 Å². The third-order valence-electron chi connectivity index (χ3n) is 3.35. The van der Waals surface area contributed by atoms with Crippen LogP contribution < -0.4 is 11.1 Å². The van der Waals surface area contributed by atoms with E-state index in [1.165, 1.54) is 6.07 Å². The lowest BCUT2D eigenvalue weighted by atomic mass is 10.0. The number of anilines is 2. The van der Waals surface area contributed by atoms with Gasteiger partial charge in [0.15, 0.2) is 0 Å². The molecule has 0 spiro atoms. The van der Waals surface area contributed by atoms with Gasteiger partial charge in [-0.2, -0.15) is 0 Å². The first-order chi connectivity index (χ1) is 8.06. The Bertz CT molecular complexity index is 421.